The van der Waals surface area contributed by atoms with E-state index in [-0.39, 0.29) is 36.0 Å². The van der Waals surface area contributed by atoms with E-state index in [4.69, 9.17) is 33.2 Å². The number of aliphatic hydroxyl groups excluding tert-OH is 6. The molecule has 0 aliphatic carbocycles. The SMILES string of the molecule is COc1cc(/C=C\C(=O)OC[C@H]2O[C@@H](OCCc3ccc(O)c(OC)c3)[C@H](O)[C@@H](O[C@@H]3O[C@H](CO)[C@@H](O)[C@H](O)[C@H]3O)[C@@H]2O)ccc1O. The van der Waals surface area contributed by atoms with E-state index in [1.807, 2.05) is 0 Å². The molecule has 0 unspecified atom stereocenters. The molecule has 2 saturated heterocycles. The second-order valence-electron chi connectivity index (χ2n) is 10.8. The van der Waals surface area contributed by atoms with Gasteiger partial charge in [0.1, 0.15) is 55.4 Å². The Kier molecular flexibility index (Phi) is 12.8. The van der Waals surface area contributed by atoms with E-state index >= 15 is 0 Å². The summed E-state index contributed by atoms with van der Waals surface area (Å²) in [6.45, 7) is -1.32. The lowest BCUT2D eigenvalue weighted by Gasteiger charge is -2.46. The fraction of sp³-hybridized carbons (Fsp3) is 0.516. The number of carbonyl (C=O) groups excluding carboxylic acids is 1. The minimum atomic E-state index is -1.83. The van der Waals surface area contributed by atoms with Crippen molar-refractivity contribution in [2.45, 2.75) is 67.8 Å². The van der Waals surface area contributed by atoms with Crippen LogP contribution in [0.15, 0.2) is 42.5 Å². The van der Waals surface area contributed by atoms with Crippen LogP contribution in [0.4, 0.5) is 0 Å². The van der Waals surface area contributed by atoms with Gasteiger partial charge in [0.05, 0.1) is 27.4 Å². The van der Waals surface area contributed by atoms with Crippen molar-refractivity contribution in [3.63, 3.8) is 0 Å². The first kappa shape index (κ1) is 36.3. The molecule has 0 aromatic heterocycles. The number of carbonyl (C=O) groups is 1. The zero-order valence-electron chi connectivity index (χ0n) is 25.6. The predicted octanol–water partition coefficient (Wildman–Crippen LogP) is -1.44. The minimum absolute atomic E-state index is 0.0378. The summed E-state index contributed by atoms with van der Waals surface area (Å²) in [6.07, 6.45) is -13.4. The predicted molar refractivity (Wildman–Crippen MR) is 158 cm³/mol. The number of hydrogen-bond acceptors (Lipinski definition) is 16. The highest BCUT2D eigenvalue weighted by atomic mass is 16.7. The van der Waals surface area contributed by atoms with Crippen LogP contribution in [0.1, 0.15) is 11.1 Å². The van der Waals surface area contributed by atoms with Gasteiger partial charge in [-0.15, -0.1) is 0 Å². The summed E-state index contributed by atoms with van der Waals surface area (Å²) in [5.74, 6) is -0.533. The van der Waals surface area contributed by atoms with Crippen molar-refractivity contribution in [3.05, 3.63) is 53.6 Å². The summed E-state index contributed by atoms with van der Waals surface area (Å²) >= 11 is 0. The molecule has 0 spiro atoms. The van der Waals surface area contributed by atoms with Crippen LogP contribution in [0, 0.1) is 0 Å². The number of aliphatic hydroxyl groups is 6. The lowest BCUT2D eigenvalue weighted by Crippen LogP contribution is -2.65. The molecule has 0 amide bonds. The van der Waals surface area contributed by atoms with Gasteiger partial charge >= 0.3 is 5.97 Å². The first-order chi connectivity index (χ1) is 22.5. The molecule has 0 radical (unpaired) electrons. The van der Waals surface area contributed by atoms with Crippen LogP contribution in [0.25, 0.3) is 6.08 Å². The van der Waals surface area contributed by atoms with Crippen LogP contribution in [0.5, 0.6) is 23.0 Å². The van der Waals surface area contributed by atoms with Crippen LogP contribution in [0.3, 0.4) is 0 Å². The van der Waals surface area contributed by atoms with Gasteiger partial charge in [0.2, 0.25) is 0 Å². The molecule has 2 fully saturated rings. The minimum Gasteiger partial charge on any atom is -0.504 e. The number of aromatic hydroxyl groups is 2. The molecule has 2 aliphatic heterocycles. The van der Waals surface area contributed by atoms with Crippen LogP contribution >= 0.6 is 0 Å². The lowest BCUT2D eigenvalue weighted by atomic mass is 9.97. The largest absolute Gasteiger partial charge is 0.504 e. The molecule has 2 aliphatic rings. The second-order valence-corrected chi connectivity index (χ2v) is 10.8. The van der Waals surface area contributed by atoms with E-state index in [1.165, 1.54) is 44.6 Å². The highest BCUT2D eigenvalue weighted by molar-refractivity contribution is 5.87. The normalized spacial score (nSPS) is 31.1. The monoisotopic (exact) mass is 668 g/mol. The van der Waals surface area contributed by atoms with Crippen LogP contribution in [-0.2, 0) is 34.9 Å². The van der Waals surface area contributed by atoms with Crippen LogP contribution in [0.2, 0.25) is 0 Å². The van der Waals surface area contributed by atoms with E-state index in [2.05, 4.69) is 0 Å². The molecule has 10 atom stereocenters. The van der Waals surface area contributed by atoms with Gasteiger partial charge in [0, 0.05) is 6.08 Å². The van der Waals surface area contributed by atoms with Crippen molar-refractivity contribution in [1.29, 1.82) is 0 Å². The molecule has 2 heterocycles. The molecular weight excluding hydrogens is 628 g/mol. The first-order valence-corrected chi connectivity index (χ1v) is 14.6. The van der Waals surface area contributed by atoms with Crippen molar-refractivity contribution in [1.82, 2.24) is 0 Å². The first-order valence-electron chi connectivity index (χ1n) is 14.6. The number of phenols is 2. The Morgan fingerprint density at radius 3 is 2.15 bits per heavy atom. The van der Waals surface area contributed by atoms with Crippen molar-refractivity contribution in [3.8, 4) is 23.0 Å². The maximum atomic E-state index is 12.5. The zero-order valence-corrected chi connectivity index (χ0v) is 25.6. The zero-order chi connectivity index (χ0) is 34.2. The van der Waals surface area contributed by atoms with E-state index in [9.17, 15) is 45.6 Å². The number of hydrogen-bond donors (Lipinski definition) is 8. The van der Waals surface area contributed by atoms with Crippen molar-refractivity contribution < 1.29 is 78.8 Å². The Hall–Kier alpha value is -3.55. The maximum absolute atomic E-state index is 12.5. The molecule has 0 saturated carbocycles. The summed E-state index contributed by atoms with van der Waals surface area (Å²) in [7, 11) is 2.77. The van der Waals surface area contributed by atoms with Gasteiger partial charge in [-0.05, 0) is 47.9 Å². The van der Waals surface area contributed by atoms with Crippen LogP contribution in [-0.4, -0.2) is 142 Å². The van der Waals surface area contributed by atoms with Gasteiger partial charge in [0.25, 0.3) is 0 Å². The highest BCUT2D eigenvalue weighted by Crippen LogP contribution is 2.31. The Morgan fingerprint density at radius 2 is 1.47 bits per heavy atom. The van der Waals surface area contributed by atoms with Gasteiger partial charge in [-0.1, -0.05) is 12.1 Å². The van der Waals surface area contributed by atoms with Gasteiger partial charge in [0.15, 0.2) is 35.6 Å². The molecular formula is C31H40O16. The summed E-state index contributed by atoms with van der Waals surface area (Å²) in [6, 6.07) is 9.08. The Balaban J connectivity index is 1.46. The third-order valence-electron chi connectivity index (χ3n) is 7.70. The molecule has 260 valence electrons. The number of rotatable bonds is 13. The number of methoxy groups -OCH3 is 2. The third kappa shape index (κ3) is 8.88. The molecule has 2 aromatic carbocycles. The lowest BCUT2D eigenvalue weighted by molar-refractivity contribution is -0.360. The van der Waals surface area contributed by atoms with E-state index in [1.54, 1.807) is 12.1 Å². The average Bonchev–Trinajstić information content (AvgIpc) is 3.07. The Labute approximate surface area is 269 Å². The number of ether oxygens (including phenoxy) is 7. The van der Waals surface area contributed by atoms with Gasteiger partial charge < -0.3 is 74.0 Å². The van der Waals surface area contributed by atoms with Crippen molar-refractivity contribution in [2.24, 2.45) is 0 Å². The average molecular weight is 669 g/mol. The molecule has 16 nitrogen and oxygen atoms in total. The molecule has 8 N–H and O–H groups in total. The summed E-state index contributed by atoms with van der Waals surface area (Å²) in [5, 5.41) is 82.1. The van der Waals surface area contributed by atoms with Gasteiger partial charge in [-0.25, -0.2) is 4.79 Å². The summed E-state index contributed by atoms with van der Waals surface area (Å²) in [5.41, 5.74) is 1.23. The van der Waals surface area contributed by atoms with Crippen LogP contribution < -0.4 is 9.47 Å². The number of phenolic OH excluding ortho intramolecular Hbond substituents is 2. The Bertz CT molecular complexity index is 1350. The van der Waals surface area contributed by atoms with Gasteiger partial charge in [-0.3, -0.25) is 0 Å². The van der Waals surface area contributed by atoms with E-state index in [0.717, 1.165) is 6.08 Å². The maximum Gasteiger partial charge on any atom is 0.330 e. The topological polar surface area (TPSA) is 244 Å². The third-order valence-corrected chi connectivity index (χ3v) is 7.70. The molecule has 0 bridgehead atoms. The standard InChI is InChI=1S/C31H40O16/c1-41-19-11-15(3-6-17(19)33)5-8-23(35)44-14-22-25(37)29(47-31-27(39)26(38)24(36)21(13-32)45-31)28(40)30(46-22)43-10-9-16-4-7-18(34)20(12-16)42-2/h3-8,11-12,21-22,24-34,36-40H,9-10,13-14H2,1-2H3/b8-5-/t21-,22-,24-,25-,26+,27-,28-,29+,30-,31+/m1/s1. The molecule has 47 heavy (non-hydrogen) atoms. The number of esters is 1. The van der Waals surface area contributed by atoms with Gasteiger partial charge in [-0.2, -0.15) is 0 Å². The smallest absolute Gasteiger partial charge is 0.330 e. The Morgan fingerprint density at radius 1 is 0.809 bits per heavy atom. The fourth-order valence-corrected chi connectivity index (χ4v) is 5.02. The quantitative estimate of drug-likeness (QED) is 0.0900. The molecule has 16 heteroatoms. The molecule has 2 aromatic rings. The van der Waals surface area contributed by atoms with E-state index in [0.29, 0.717) is 11.1 Å². The van der Waals surface area contributed by atoms with Crippen molar-refractivity contribution in [2.75, 3.05) is 34.0 Å². The number of benzene rings is 2. The van der Waals surface area contributed by atoms with Crippen molar-refractivity contribution >= 4 is 12.0 Å². The highest BCUT2D eigenvalue weighted by Gasteiger charge is 2.51. The molecule has 4 rings (SSSR count). The summed E-state index contributed by atoms with van der Waals surface area (Å²) in [4.78, 5) is 12.5. The van der Waals surface area contributed by atoms with E-state index < -0.39 is 80.6 Å². The fourth-order valence-electron chi connectivity index (χ4n) is 5.02. The summed E-state index contributed by atoms with van der Waals surface area (Å²) < 4.78 is 38.0. The second kappa shape index (κ2) is 16.5.